The molecule has 1 unspecified atom stereocenters. The van der Waals surface area contributed by atoms with Gasteiger partial charge in [0.25, 0.3) is 0 Å². The number of nitrogens with one attached hydrogen (secondary N) is 1. The molecule has 0 aliphatic carbocycles. The van der Waals surface area contributed by atoms with Crippen molar-refractivity contribution in [2.24, 2.45) is 0 Å². The molecular formula is C17H19BrClNO. The van der Waals surface area contributed by atoms with Crippen LogP contribution in [0.15, 0.2) is 46.9 Å². The highest BCUT2D eigenvalue weighted by atomic mass is 79.9. The van der Waals surface area contributed by atoms with Crippen LogP contribution in [0.1, 0.15) is 30.5 Å². The van der Waals surface area contributed by atoms with Crippen LogP contribution in [0.2, 0.25) is 5.02 Å². The van der Waals surface area contributed by atoms with E-state index in [-0.39, 0.29) is 6.04 Å². The predicted octanol–water partition coefficient (Wildman–Crippen LogP) is 5.20. The number of rotatable bonds is 6. The van der Waals surface area contributed by atoms with Crippen molar-refractivity contribution in [3.05, 3.63) is 63.1 Å². The minimum Gasteiger partial charge on any atom is -0.496 e. The van der Waals surface area contributed by atoms with Gasteiger partial charge in [0, 0.05) is 15.1 Å². The maximum atomic E-state index is 6.06. The molecule has 1 N–H and O–H groups in total. The Balaban J connectivity index is 2.42. The second-order valence-corrected chi connectivity index (χ2v) is 6.18. The van der Waals surface area contributed by atoms with E-state index in [0.717, 1.165) is 28.8 Å². The van der Waals surface area contributed by atoms with Crippen molar-refractivity contribution in [2.45, 2.75) is 19.4 Å². The summed E-state index contributed by atoms with van der Waals surface area (Å²) in [4.78, 5) is 0. The monoisotopic (exact) mass is 367 g/mol. The summed E-state index contributed by atoms with van der Waals surface area (Å²) in [7, 11) is 1.67. The molecule has 4 heteroatoms. The Hall–Kier alpha value is -1.03. The normalized spacial score (nSPS) is 12.2. The van der Waals surface area contributed by atoms with Crippen LogP contribution in [-0.4, -0.2) is 13.7 Å². The fourth-order valence-corrected chi connectivity index (χ4v) is 2.70. The van der Waals surface area contributed by atoms with Crippen molar-refractivity contribution in [1.29, 1.82) is 0 Å². The summed E-state index contributed by atoms with van der Waals surface area (Å²) >= 11 is 9.54. The summed E-state index contributed by atoms with van der Waals surface area (Å²) < 4.78 is 6.57. The van der Waals surface area contributed by atoms with Crippen LogP contribution in [-0.2, 0) is 0 Å². The molecule has 21 heavy (non-hydrogen) atoms. The molecule has 112 valence electrons. The van der Waals surface area contributed by atoms with Gasteiger partial charge in [-0.05, 0) is 42.8 Å². The zero-order valence-corrected chi connectivity index (χ0v) is 14.5. The molecule has 2 rings (SSSR count). The van der Waals surface area contributed by atoms with E-state index in [4.69, 9.17) is 16.3 Å². The van der Waals surface area contributed by atoms with Gasteiger partial charge in [-0.2, -0.15) is 0 Å². The van der Waals surface area contributed by atoms with E-state index in [1.807, 2.05) is 18.2 Å². The topological polar surface area (TPSA) is 21.3 Å². The van der Waals surface area contributed by atoms with Crippen LogP contribution in [0.4, 0.5) is 0 Å². The van der Waals surface area contributed by atoms with Gasteiger partial charge in [0.1, 0.15) is 5.75 Å². The van der Waals surface area contributed by atoms with Gasteiger partial charge in [0.15, 0.2) is 0 Å². The Bertz CT molecular complexity index is 586. The quantitative estimate of drug-likeness (QED) is 0.756. The van der Waals surface area contributed by atoms with E-state index in [0.29, 0.717) is 5.02 Å². The molecule has 1 atom stereocenters. The van der Waals surface area contributed by atoms with Crippen molar-refractivity contribution >= 4 is 27.5 Å². The van der Waals surface area contributed by atoms with E-state index in [1.54, 1.807) is 7.11 Å². The van der Waals surface area contributed by atoms with Crippen molar-refractivity contribution in [1.82, 2.24) is 5.32 Å². The van der Waals surface area contributed by atoms with Crippen molar-refractivity contribution in [2.75, 3.05) is 13.7 Å². The number of methoxy groups -OCH3 is 1. The number of benzene rings is 2. The summed E-state index contributed by atoms with van der Waals surface area (Å²) in [6, 6.07) is 14.2. The Labute approximate surface area is 139 Å². The molecule has 0 saturated carbocycles. The van der Waals surface area contributed by atoms with E-state index in [2.05, 4.69) is 52.4 Å². The van der Waals surface area contributed by atoms with Gasteiger partial charge in [0.2, 0.25) is 0 Å². The zero-order valence-electron chi connectivity index (χ0n) is 12.2. The second kappa shape index (κ2) is 7.83. The number of hydrogen-bond acceptors (Lipinski definition) is 2. The first-order valence-corrected chi connectivity index (χ1v) is 8.15. The lowest BCUT2D eigenvalue weighted by Gasteiger charge is -2.22. The fraction of sp³-hybridized carbons (Fsp3) is 0.294. The molecule has 0 heterocycles. The number of hydrogen-bond donors (Lipinski definition) is 1. The van der Waals surface area contributed by atoms with Gasteiger partial charge in [-0.25, -0.2) is 0 Å². The summed E-state index contributed by atoms with van der Waals surface area (Å²) in [6.45, 7) is 3.09. The van der Waals surface area contributed by atoms with Crippen LogP contribution in [0.25, 0.3) is 0 Å². The molecule has 0 amide bonds. The molecule has 0 aliphatic heterocycles. The maximum Gasteiger partial charge on any atom is 0.125 e. The molecule has 0 spiro atoms. The van der Waals surface area contributed by atoms with Gasteiger partial charge in [-0.15, -0.1) is 0 Å². The zero-order chi connectivity index (χ0) is 15.2. The molecule has 2 aromatic carbocycles. The van der Waals surface area contributed by atoms with Crippen LogP contribution in [0, 0.1) is 0 Å². The molecular weight excluding hydrogens is 350 g/mol. The Kier molecular flexibility index (Phi) is 6.09. The van der Waals surface area contributed by atoms with Crippen molar-refractivity contribution in [3.63, 3.8) is 0 Å². The van der Waals surface area contributed by atoms with E-state index < -0.39 is 0 Å². The lowest BCUT2D eigenvalue weighted by Crippen LogP contribution is -2.23. The van der Waals surface area contributed by atoms with Crippen LogP contribution in [0.3, 0.4) is 0 Å². The minimum absolute atomic E-state index is 0.0882. The highest BCUT2D eigenvalue weighted by molar-refractivity contribution is 9.10. The molecule has 0 radical (unpaired) electrons. The summed E-state index contributed by atoms with van der Waals surface area (Å²) in [5, 5.41) is 4.26. The van der Waals surface area contributed by atoms with Crippen LogP contribution < -0.4 is 10.1 Å². The maximum absolute atomic E-state index is 6.06. The summed E-state index contributed by atoms with van der Waals surface area (Å²) in [6.07, 6.45) is 1.07. The molecule has 0 saturated heterocycles. The standard InChI is InChI=1S/C17H19BrClNO/c1-3-10-20-17(12-4-6-13(18)7-5-12)15-9-8-14(19)11-16(15)21-2/h4-9,11,17,20H,3,10H2,1-2H3. The van der Waals surface area contributed by atoms with Gasteiger partial charge >= 0.3 is 0 Å². The third-order valence-corrected chi connectivity index (χ3v) is 4.07. The summed E-state index contributed by atoms with van der Waals surface area (Å²) in [5.41, 5.74) is 2.30. The SMILES string of the molecule is CCCNC(c1ccc(Br)cc1)c1ccc(Cl)cc1OC. The number of ether oxygens (including phenoxy) is 1. The average molecular weight is 369 g/mol. The van der Waals surface area contributed by atoms with Gasteiger partial charge in [-0.3, -0.25) is 0 Å². The van der Waals surface area contributed by atoms with Gasteiger partial charge < -0.3 is 10.1 Å². The first kappa shape index (κ1) is 16.3. The van der Waals surface area contributed by atoms with Crippen molar-refractivity contribution < 1.29 is 4.74 Å². The Morgan fingerprint density at radius 1 is 1.19 bits per heavy atom. The van der Waals surface area contributed by atoms with Crippen molar-refractivity contribution in [3.8, 4) is 5.75 Å². The molecule has 0 bridgehead atoms. The summed E-state index contributed by atoms with van der Waals surface area (Å²) in [5.74, 6) is 0.805. The van der Waals surface area contributed by atoms with Crippen LogP contribution in [0.5, 0.6) is 5.75 Å². The second-order valence-electron chi connectivity index (χ2n) is 4.82. The molecule has 0 fully saturated rings. The van der Waals surface area contributed by atoms with Crippen LogP contribution >= 0.6 is 27.5 Å². The van der Waals surface area contributed by atoms with Gasteiger partial charge in [-0.1, -0.05) is 52.7 Å². The minimum atomic E-state index is 0.0882. The molecule has 2 nitrogen and oxygen atoms in total. The molecule has 0 aliphatic rings. The van der Waals surface area contributed by atoms with E-state index >= 15 is 0 Å². The smallest absolute Gasteiger partial charge is 0.125 e. The fourth-order valence-electron chi connectivity index (χ4n) is 2.27. The third kappa shape index (κ3) is 4.22. The Morgan fingerprint density at radius 3 is 2.52 bits per heavy atom. The van der Waals surface area contributed by atoms with Gasteiger partial charge in [0.05, 0.1) is 13.2 Å². The van der Waals surface area contributed by atoms with E-state index in [9.17, 15) is 0 Å². The largest absolute Gasteiger partial charge is 0.496 e. The first-order chi connectivity index (χ1) is 10.2. The predicted molar refractivity (Wildman–Crippen MR) is 92.3 cm³/mol. The highest BCUT2D eigenvalue weighted by Crippen LogP contribution is 2.32. The Morgan fingerprint density at radius 2 is 1.90 bits per heavy atom. The third-order valence-electron chi connectivity index (χ3n) is 3.31. The first-order valence-electron chi connectivity index (χ1n) is 6.98. The lowest BCUT2D eigenvalue weighted by molar-refractivity contribution is 0.404. The molecule has 2 aromatic rings. The average Bonchev–Trinajstić information content (AvgIpc) is 2.50. The molecule has 0 aromatic heterocycles. The highest BCUT2D eigenvalue weighted by Gasteiger charge is 2.17. The van der Waals surface area contributed by atoms with E-state index in [1.165, 1.54) is 5.56 Å². The number of halogens is 2. The lowest BCUT2D eigenvalue weighted by atomic mass is 9.97.